The van der Waals surface area contributed by atoms with Crippen molar-refractivity contribution in [1.82, 2.24) is 10.6 Å². The Hall–Kier alpha value is -0.610. The lowest BCUT2D eigenvalue weighted by molar-refractivity contribution is -0.184. The minimum absolute atomic E-state index is 0.0141. The van der Waals surface area contributed by atoms with Gasteiger partial charge in [-0.3, -0.25) is 4.79 Å². The molecule has 0 aromatic carbocycles. The van der Waals surface area contributed by atoms with Crippen LogP contribution < -0.4 is 10.6 Å². The molecule has 2 aliphatic rings. The van der Waals surface area contributed by atoms with Crippen molar-refractivity contribution in [2.45, 2.75) is 52.2 Å². The van der Waals surface area contributed by atoms with Crippen LogP contribution in [0.5, 0.6) is 0 Å². The summed E-state index contributed by atoms with van der Waals surface area (Å²) in [4.78, 5) is 12.4. The Balaban J connectivity index is 1.98. The minimum Gasteiger partial charge on any atom is -0.378 e. The molecule has 0 aromatic rings. The van der Waals surface area contributed by atoms with Crippen molar-refractivity contribution in [2.75, 3.05) is 20.2 Å². The zero-order chi connectivity index (χ0) is 13.6. The molecule has 1 amide bonds. The largest absolute Gasteiger partial charge is 0.378 e. The molecule has 1 saturated carbocycles. The van der Waals surface area contributed by atoms with Gasteiger partial charge >= 0.3 is 0 Å². The number of methoxy groups -OCH3 is 1. The molecule has 0 radical (unpaired) electrons. The summed E-state index contributed by atoms with van der Waals surface area (Å²) in [6.45, 7) is 10.2. The van der Waals surface area contributed by atoms with E-state index in [4.69, 9.17) is 4.74 Å². The maximum Gasteiger partial charge on any atom is 0.227 e. The second kappa shape index (κ2) is 4.20. The van der Waals surface area contributed by atoms with E-state index in [1.807, 2.05) is 6.92 Å². The number of hydrogen-bond acceptors (Lipinski definition) is 3. The summed E-state index contributed by atoms with van der Waals surface area (Å²) in [6.07, 6.45) is 1.82. The monoisotopic (exact) mass is 254 g/mol. The molecule has 2 N–H and O–H groups in total. The molecule has 4 nitrogen and oxygen atoms in total. The van der Waals surface area contributed by atoms with Gasteiger partial charge in [0.25, 0.3) is 0 Å². The smallest absolute Gasteiger partial charge is 0.227 e. The van der Waals surface area contributed by atoms with Crippen molar-refractivity contribution < 1.29 is 9.53 Å². The van der Waals surface area contributed by atoms with E-state index < -0.39 is 0 Å². The molecule has 0 bridgehead atoms. The summed E-state index contributed by atoms with van der Waals surface area (Å²) in [5, 5.41) is 6.49. The van der Waals surface area contributed by atoms with E-state index >= 15 is 0 Å². The van der Waals surface area contributed by atoms with Gasteiger partial charge in [-0.25, -0.2) is 0 Å². The van der Waals surface area contributed by atoms with Crippen LogP contribution in [-0.2, 0) is 9.53 Å². The van der Waals surface area contributed by atoms with Gasteiger partial charge in [-0.15, -0.1) is 0 Å². The Bertz CT molecular complexity index is 348. The molecule has 1 aliphatic carbocycles. The first-order valence-electron chi connectivity index (χ1n) is 6.82. The predicted octanol–water partition coefficient (Wildman–Crippen LogP) is 1.31. The average Bonchev–Trinajstić information content (AvgIpc) is 2.76. The van der Waals surface area contributed by atoms with Gasteiger partial charge in [-0.1, -0.05) is 13.8 Å². The molecular weight excluding hydrogens is 228 g/mol. The van der Waals surface area contributed by atoms with Gasteiger partial charge in [0.1, 0.15) is 0 Å². The summed E-state index contributed by atoms with van der Waals surface area (Å²) in [5.74, 6) is 0.184. The highest BCUT2D eigenvalue weighted by Gasteiger charge is 2.58. The molecular formula is C14H26N2O2. The summed E-state index contributed by atoms with van der Waals surface area (Å²) in [6, 6.07) is 0.215. The average molecular weight is 254 g/mol. The lowest BCUT2D eigenvalue weighted by Gasteiger charge is -2.59. The number of carbonyl (C=O) groups excluding carboxylic acids is 1. The van der Waals surface area contributed by atoms with E-state index in [2.05, 4.69) is 31.4 Å². The van der Waals surface area contributed by atoms with Crippen LogP contribution in [-0.4, -0.2) is 37.7 Å². The first-order chi connectivity index (χ1) is 8.25. The van der Waals surface area contributed by atoms with E-state index in [0.29, 0.717) is 0 Å². The minimum atomic E-state index is -0.241. The molecule has 0 aromatic heterocycles. The SMILES string of the molecule is CO[C@]1(C)C[C@H](NC(=O)[C@@]2(C)CCNC2)C1(C)C. The Morgan fingerprint density at radius 3 is 2.44 bits per heavy atom. The third-order valence-electron chi connectivity index (χ3n) is 5.50. The zero-order valence-electron chi connectivity index (χ0n) is 12.2. The fourth-order valence-electron chi connectivity index (χ4n) is 3.07. The molecule has 1 aliphatic heterocycles. The number of amides is 1. The van der Waals surface area contributed by atoms with Crippen LogP contribution in [0.1, 0.15) is 40.5 Å². The van der Waals surface area contributed by atoms with Crippen LogP contribution in [0.15, 0.2) is 0 Å². The quantitative estimate of drug-likeness (QED) is 0.798. The number of nitrogens with one attached hydrogen (secondary N) is 2. The molecule has 18 heavy (non-hydrogen) atoms. The van der Waals surface area contributed by atoms with Crippen molar-refractivity contribution in [1.29, 1.82) is 0 Å². The van der Waals surface area contributed by atoms with Crippen LogP contribution in [0.3, 0.4) is 0 Å². The van der Waals surface area contributed by atoms with Crippen LogP contribution in [0.2, 0.25) is 0 Å². The Morgan fingerprint density at radius 1 is 1.33 bits per heavy atom. The van der Waals surface area contributed by atoms with Gasteiger partial charge < -0.3 is 15.4 Å². The lowest BCUT2D eigenvalue weighted by atomic mass is 9.55. The maximum absolute atomic E-state index is 12.4. The first kappa shape index (κ1) is 13.8. The summed E-state index contributed by atoms with van der Waals surface area (Å²) in [5.41, 5.74) is -0.380. The van der Waals surface area contributed by atoms with Gasteiger partial charge in [-0.2, -0.15) is 0 Å². The Morgan fingerprint density at radius 2 is 2.00 bits per heavy atom. The maximum atomic E-state index is 12.4. The molecule has 0 spiro atoms. The van der Waals surface area contributed by atoms with E-state index in [1.54, 1.807) is 7.11 Å². The molecule has 2 fully saturated rings. The highest BCUT2D eigenvalue weighted by molar-refractivity contribution is 5.83. The molecule has 104 valence electrons. The van der Waals surface area contributed by atoms with E-state index in [1.165, 1.54) is 0 Å². The third kappa shape index (κ3) is 1.86. The number of hydrogen-bond donors (Lipinski definition) is 2. The van der Waals surface area contributed by atoms with Gasteiger partial charge in [0, 0.05) is 25.1 Å². The molecule has 4 heteroatoms. The molecule has 3 atom stereocenters. The lowest BCUT2D eigenvalue weighted by Crippen LogP contribution is -2.69. The fraction of sp³-hybridized carbons (Fsp3) is 0.929. The van der Waals surface area contributed by atoms with Crippen molar-refractivity contribution >= 4 is 5.91 Å². The molecule has 1 saturated heterocycles. The van der Waals surface area contributed by atoms with Crippen molar-refractivity contribution in [2.24, 2.45) is 10.8 Å². The number of rotatable bonds is 3. The Labute approximate surface area is 110 Å². The second-order valence-corrected chi connectivity index (χ2v) is 6.87. The summed E-state index contributed by atoms with van der Waals surface area (Å²) < 4.78 is 5.59. The highest BCUT2D eigenvalue weighted by atomic mass is 16.5. The van der Waals surface area contributed by atoms with Crippen LogP contribution in [0, 0.1) is 10.8 Å². The van der Waals surface area contributed by atoms with Gasteiger partial charge in [0.15, 0.2) is 0 Å². The normalized spacial score (nSPS) is 42.4. The van der Waals surface area contributed by atoms with Crippen molar-refractivity contribution in [3.63, 3.8) is 0 Å². The summed E-state index contributed by atoms with van der Waals surface area (Å²) in [7, 11) is 1.75. The van der Waals surface area contributed by atoms with Gasteiger partial charge in [0.05, 0.1) is 11.0 Å². The third-order valence-corrected chi connectivity index (χ3v) is 5.50. The van der Waals surface area contributed by atoms with Gasteiger partial charge in [-0.05, 0) is 33.2 Å². The summed E-state index contributed by atoms with van der Waals surface area (Å²) >= 11 is 0. The molecule has 0 unspecified atom stereocenters. The van der Waals surface area contributed by atoms with Gasteiger partial charge in [0.2, 0.25) is 5.91 Å². The Kier molecular flexibility index (Phi) is 3.23. The topological polar surface area (TPSA) is 50.4 Å². The van der Waals surface area contributed by atoms with E-state index in [0.717, 1.165) is 25.9 Å². The van der Waals surface area contributed by atoms with Crippen LogP contribution in [0.4, 0.5) is 0 Å². The van der Waals surface area contributed by atoms with E-state index in [9.17, 15) is 4.79 Å². The van der Waals surface area contributed by atoms with Crippen molar-refractivity contribution in [3.8, 4) is 0 Å². The fourth-order valence-corrected chi connectivity index (χ4v) is 3.07. The van der Waals surface area contributed by atoms with Crippen molar-refractivity contribution in [3.05, 3.63) is 0 Å². The molecule has 2 rings (SSSR count). The molecule has 1 heterocycles. The highest BCUT2D eigenvalue weighted by Crippen LogP contribution is 2.51. The predicted molar refractivity (Wildman–Crippen MR) is 71.3 cm³/mol. The first-order valence-corrected chi connectivity index (χ1v) is 6.82. The zero-order valence-corrected chi connectivity index (χ0v) is 12.2. The number of carbonyl (C=O) groups is 1. The number of ether oxygens (including phenoxy) is 1. The van der Waals surface area contributed by atoms with Crippen LogP contribution in [0.25, 0.3) is 0 Å². The standard InChI is InChI=1S/C14H26N2O2/c1-12(2)10(8-14(12,4)18-5)16-11(17)13(3)6-7-15-9-13/h10,15H,6-9H2,1-5H3,(H,16,17)/t10-,13-,14+/m0/s1. The van der Waals surface area contributed by atoms with E-state index in [-0.39, 0.29) is 28.4 Å². The van der Waals surface area contributed by atoms with Crippen LogP contribution >= 0.6 is 0 Å². The second-order valence-electron chi connectivity index (χ2n) is 6.87.